The van der Waals surface area contributed by atoms with Crippen LogP contribution in [0.25, 0.3) is 0 Å². The van der Waals surface area contributed by atoms with E-state index in [4.69, 9.17) is 5.11 Å². The smallest absolute Gasteiger partial charge is 0.405 e. The molecule has 2 rings (SSSR count). The van der Waals surface area contributed by atoms with E-state index >= 15 is 0 Å². The maximum Gasteiger partial charge on any atom is 0.405 e. The number of hydrogen-bond donors (Lipinski definition) is 4. The van der Waals surface area contributed by atoms with Gasteiger partial charge in [-0.25, -0.2) is 4.79 Å². The van der Waals surface area contributed by atoms with Crippen LogP contribution in [0.3, 0.4) is 0 Å². The monoisotopic (exact) mass is 294 g/mol. The van der Waals surface area contributed by atoms with E-state index in [1.807, 2.05) is 6.07 Å². The van der Waals surface area contributed by atoms with E-state index in [1.54, 1.807) is 24.3 Å². The Morgan fingerprint density at radius 1 is 1.19 bits per heavy atom. The molecular formula is C14H18N2O5. The average molecular weight is 294 g/mol. The lowest BCUT2D eigenvalue weighted by Gasteiger charge is -2.23. The molecule has 1 aliphatic rings. The summed E-state index contributed by atoms with van der Waals surface area (Å²) in [6.45, 7) is 0.0131. The van der Waals surface area contributed by atoms with Gasteiger partial charge in [0, 0.05) is 19.5 Å². The molecule has 21 heavy (non-hydrogen) atoms. The standard InChI is InChI=1S/C14H18N2O5/c17-11-7-16(8-12(11)18)13(19)10(15-14(20)21)6-9-4-2-1-3-5-9/h1-5,10-12,15,17-18H,6-8H2,(H,20,21)/t10-,11-,12+/m0/s1. The molecule has 4 N–H and O–H groups in total. The van der Waals surface area contributed by atoms with Crippen LogP contribution in [0.1, 0.15) is 5.56 Å². The minimum atomic E-state index is -1.29. The van der Waals surface area contributed by atoms with Gasteiger partial charge in [0.25, 0.3) is 0 Å². The van der Waals surface area contributed by atoms with E-state index in [0.29, 0.717) is 0 Å². The van der Waals surface area contributed by atoms with Crippen molar-refractivity contribution in [3.63, 3.8) is 0 Å². The SMILES string of the molecule is O=C(O)N[C@@H](Cc1ccccc1)C(=O)N1C[C@@H](O)[C@@H](O)C1. The molecule has 1 fully saturated rings. The van der Waals surface area contributed by atoms with Crippen molar-refractivity contribution in [3.05, 3.63) is 35.9 Å². The van der Waals surface area contributed by atoms with E-state index in [-0.39, 0.29) is 19.5 Å². The summed E-state index contributed by atoms with van der Waals surface area (Å²) >= 11 is 0. The minimum Gasteiger partial charge on any atom is -0.465 e. The molecule has 0 spiro atoms. The van der Waals surface area contributed by atoms with E-state index in [1.165, 1.54) is 4.90 Å². The van der Waals surface area contributed by atoms with Gasteiger partial charge in [0.1, 0.15) is 6.04 Å². The van der Waals surface area contributed by atoms with E-state index in [0.717, 1.165) is 5.56 Å². The Hall–Kier alpha value is -2.12. The van der Waals surface area contributed by atoms with Crippen LogP contribution in [-0.4, -0.2) is 63.6 Å². The maximum absolute atomic E-state index is 12.4. The summed E-state index contributed by atoms with van der Waals surface area (Å²) in [5, 5.41) is 30.1. The lowest BCUT2D eigenvalue weighted by atomic mass is 10.1. The number of hydrogen-bond acceptors (Lipinski definition) is 4. The fraction of sp³-hybridized carbons (Fsp3) is 0.429. The van der Waals surface area contributed by atoms with Crippen molar-refractivity contribution in [2.45, 2.75) is 24.7 Å². The number of likely N-dealkylation sites (tertiary alicyclic amines) is 1. The molecule has 1 saturated heterocycles. The van der Waals surface area contributed by atoms with E-state index in [9.17, 15) is 19.8 Å². The van der Waals surface area contributed by atoms with Crippen LogP contribution in [0.4, 0.5) is 4.79 Å². The number of rotatable bonds is 4. The zero-order chi connectivity index (χ0) is 15.4. The van der Waals surface area contributed by atoms with Crippen LogP contribution in [-0.2, 0) is 11.2 Å². The van der Waals surface area contributed by atoms with Crippen LogP contribution in [0.15, 0.2) is 30.3 Å². The molecule has 0 aliphatic carbocycles. The molecular weight excluding hydrogens is 276 g/mol. The van der Waals surface area contributed by atoms with Gasteiger partial charge in [0.15, 0.2) is 0 Å². The normalized spacial score (nSPS) is 22.9. The van der Waals surface area contributed by atoms with Crippen molar-refractivity contribution in [3.8, 4) is 0 Å². The minimum absolute atomic E-state index is 0.00654. The highest BCUT2D eigenvalue weighted by molar-refractivity contribution is 5.86. The van der Waals surface area contributed by atoms with Crippen LogP contribution < -0.4 is 5.32 Å². The van der Waals surface area contributed by atoms with Crippen molar-refractivity contribution in [2.24, 2.45) is 0 Å². The predicted molar refractivity (Wildman–Crippen MR) is 73.7 cm³/mol. The molecule has 2 amide bonds. The van der Waals surface area contributed by atoms with Crippen molar-refractivity contribution >= 4 is 12.0 Å². The van der Waals surface area contributed by atoms with Gasteiger partial charge in [-0.05, 0) is 5.56 Å². The second-order valence-electron chi connectivity index (χ2n) is 5.07. The third-order valence-electron chi connectivity index (χ3n) is 3.45. The molecule has 1 aliphatic heterocycles. The summed E-state index contributed by atoms with van der Waals surface area (Å²) in [7, 11) is 0. The van der Waals surface area contributed by atoms with Gasteiger partial charge >= 0.3 is 6.09 Å². The fourth-order valence-corrected chi connectivity index (χ4v) is 2.37. The van der Waals surface area contributed by atoms with Crippen LogP contribution >= 0.6 is 0 Å². The number of nitrogens with one attached hydrogen (secondary N) is 1. The van der Waals surface area contributed by atoms with Crippen LogP contribution in [0.2, 0.25) is 0 Å². The Morgan fingerprint density at radius 2 is 1.76 bits per heavy atom. The first kappa shape index (κ1) is 15.3. The summed E-state index contributed by atoms with van der Waals surface area (Å²) in [5.41, 5.74) is 0.824. The second kappa shape index (κ2) is 6.55. The third kappa shape index (κ3) is 3.93. The first-order valence-electron chi connectivity index (χ1n) is 6.65. The van der Waals surface area contributed by atoms with E-state index in [2.05, 4.69) is 5.32 Å². The van der Waals surface area contributed by atoms with Crippen molar-refractivity contribution < 1.29 is 24.9 Å². The zero-order valence-electron chi connectivity index (χ0n) is 11.3. The maximum atomic E-state index is 12.4. The molecule has 1 heterocycles. The Kier molecular flexibility index (Phi) is 4.77. The summed E-state index contributed by atoms with van der Waals surface area (Å²) in [5.74, 6) is -0.447. The Balaban J connectivity index is 2.08. The molecule has 7 heteroatoms. The number of nitrogens with zero attached hydrogens (tertiary/aromatic N) is 1. The largest absolute Gasteiger partial charge is 0.465 e. The third-order valence-corrected chi connectivity index (χ3v) is 3.45. The molecule has 1 aromatic rings. The molecule has 0 radical (unpaired) electrons. The molecule has 7 nitrogen and oxygen atoms in total. The zero-order valence-corrected chi connectivity index (χ0v) is 11.3. The number of β-amino-alcohol motifs (C(OH)–C–C–N with tert-alkyl or cyclic N) is 2. The van der Waals surface area contributed by atoms with Crippen LogP contribution in [0.5, 0.6) is 0 Å². The first-order valence-corrected chi connectivity index (χ1v) is 6.65. The summed E-state index contributed by atoms with van der Waals surface area (Å²) in [6, 6.07) is 8.11. The summed E-state index contributed by atoms with van der Waals surface area (Å²) < 4.78 is 0. The number of carbonyl (C=O) groups is 2. The highest BCUT2D eigenvalue weighted by Gasteiger charge is 2.36. The number of amides is 2. The molecule has 114 valence electrons. The van der Waals surface area contributed by atoms with Crippen molar-refractivity contribution in [1.29, 1.82) is 0 Å². The number of benzene rings is 1. The predicted octanol–water partition coefficient (Wildman–Crippen LogP) is -0.571. The molecule has 1 aromatic carbocycles. The average Bonchev–Trinajstić information content (AvgIpc) is 2.78. The molecule has 0 saturated carbocycles. The number of aliphatic hydroxyl groups excluding tert-OH is 2. The van der Waals surface area contributed by atoms with Gasteiger partial charge in [0.05, 0.1) is 12.2 Å². The number of carbonyl (C=O) groups excluding carboxylic acids is 1. The molecule has 0 unspecified atom stereocenters. The lowest BCUT2D eigenvalue weighted by molar-refractivity contribution is -0.132. The van der Waals surface area contributed by atoms with Gasteiger partial charge in [-0.3, -0.25) is 4.79 Å². The van der Waals surface area contributed by atoms with Gasteiger partial charge < -0.3 is 25.5 Å². The molecule has 0 bridgehead atoms. The van der Waals surface area contributed by atoms with Gasteiger partial charge in [-0.1, -0.05) is 30.3 Å². The number of aliphatic hydroxyl groups is 2. The van der Waals surface area contributed by atoms with Gasteiger partial charge in [-0.15, -0.1) is 0 Å². The van der Waals surface area contributed by atoms with Crippen molar-refractivity contribution in [2.75, 3.05) is 13.1 Å². The fourth-order valence-electron chi connectivity index (χ4n) is 2.37. The topological polar surface area (TPSA) is 110 Å². The van der Waals surface area contributed by atoms with Gasteiger partial charge in [-0.2, -0.15) is 0 Å². The Labute approximate surface area is 121 Å². The molecule has 3 atom stereocenters. The lowest BCUT2D eigenvalue weighted by Crippen LogP contribution is -2.49. The number of carboxylic acid groups (broad SMARTS) is 1. The molecule has 0 aromatic heterocycles. The summed E-state index contributed by atoms with van der Waals surface area (Å²) in [4.78, 5) is 24.5. The first-order chi connectivity index (χ1) is 9.97. The highest BCUT2D eigenvalue weighted by Crippen LogP contribution is 2.13. The second-order valence-corrected chi connectivity index (χ2v) is 5.07. The van der Waals surface area contributed by atoms with Crippen LogP contribution in [0, 0.1) is 0 Å². The van der Waals surface area contributed by atoms with Crippen molar-refractivity contribution in [1.82, 2.24) is 10.2 Å². The Bertz CT molecular complexity index is 497. The van der Waals surface area contributed by atoms with E-state index < -0.39 is 30.3 Å². The Morgan fingerprint density at radius 3 is 2.29 bits per heavy atom. The summed E-state index contributed by atoms with van der Waals surface area (Å²) in [6.07, 6.45) is -3.05. The quantitative estimate of drug-likeness (QED) is 0.594. The highest BCUT2D eigenvalue weighted by atomic mass is 16.4. The van der Waals surface area contributed by atoms with Gasteiger partial charge in [0.2, 0.25) is 5.91 Å².